The first-order valence-corrected chi connectivity index (χ1v) is 9.03. The first-order valence-electron chi connectivity index (χ1n) is 8.65. The smallest absolute Gasteiger partial charge is 0.258 e. The predicted molar refractivity (Wildman–Crippen MR) is 102 cm³/mol. The number of fused-ring (bicyclic) bond motifs is 2. The molecule has 2 amide bonds. The Kier molecular flexibility index (Phi) is 4.23. The number of hydrogen-bond acceptors (Lipinski definition) is 4. The SMILES string of the molecule is COc1cc(C(=O)N2CC3(CC3)c3ccccc32)cc(Cl)c1OCC(N)=O. The second-order valence-corrected chi connectivity index (χ2v) is 7.34. The number of methoxy groups -OCH3 is 1. The maximum absolute atomic E-state index is 13.2. The molecule has 0 unspecified atom stereocenters. The molecule has 2 aromatic rings. The molecular formula is C20H19ClN2O4. The van der Waals surface area contributed by atoms with Crippen molar-refractivity contribution in [2.45, 2.75) is 18.3 Å². The summed E-state index contributed by atoms with van der Waals surface area (Å²) in [6.45, 7) is 0.344. The van der Waals surface area contributed by atoms with Gasteiger partial charge >= 0.3 is 0 Å². The number of primary amides is 1. The molecule has 0 atom stereocenters. The zero-order valence-electron chi connectivity index (χ0n) is 14.8. The van der Waals surface area contributed by atoms with Gasteiger partial charge in [-0.25, -0.2) is 0 Å². The molecule has 0 saturated heterocycles. The summed E-state index contributed by atoms with van der Waals surface area (Å²) in [6.07, 6.45) is 2.19. The van der Waals surface area contributed by atoms with Crippen LogP contribution in [-0.2, 0) is 10.2 Å². The van der Waals surface area contributed by atoms with Gasteiger partial charge in [0.2, 0.25) is 0 Å². The Morgan fingerprint density at radius 3 is 2.67 bits per heavy atom. The summed E-state index contributed by atoms with van der Waals surface area (Å²) in [4.78, 5) is 26.0. The van der Waals surface area contributed by atoms with Gasteiger partial charge < -0.3 is 20.1 Å². The summed E-state index contributed by atoms with van der Waals surface area (Å²) >= 11 is 6.29. The molecule has 140 valence electrons. The fourth-order valence-corrected chi connectivity index (χ4v) is 3.94. The minimum absolute atomic E-state index is 0.102. The maximum Gasteiger partial charge on any atom is 0.258 e. The number of anilines is 1. The Morgan fingerprint density at radius 1 is 1.26 bits per heavy atom. The number of carbonyl (C=O) groups excluding carboxylic acids is 2. The first kappa shape index (κ1) is 17.7. The van der Waals surface area contributed by atoms with Crippen molar-refractivity contribution in [1.82, 2.24) is 0 Å². The third-order valence-corrected chi connectivity index (χ3v) is 5.44. The molecule has 2 aliphatic rings. The molecular weight excluding hydrogens is 368 g/mol. The van der Waals surface area contributed by atoms with E-state index in [0.29, 0.717) is 12.1 Å². The van der Waals surface area contributed by atoms with Gasteiger partial charge in [-0.2, -0.15) is 0 Å². The zero-order chi connectivity index (χ0) is 19.2. The minimum atomic E-state index is -0.628. The molecule has 0 aromatic heterocycles. The summed E-state index contributed by atoms with van der Waals surface area (Å²) in [5.74, 6) is -0.305. The molecule has 1 heterocycles. The maximum atomic E-state index is 13.2. The van der Waals surface area contributed by atoms with Crippen LogP contribution in [0.1, 0.15) is 28.8 Å². The molecule has 1 aliphatic carbocycles. The van der Waals surface area contributed by atoms with Crippen molar-refractivity contribution in [1.29, 1.82) is 0 Å². The molecule has 6 nitrogen and oxygen atoms in total. The highest BCUT2D eigenvalue weighted by atomic mass is 35.5. The number of amides is 2. The van der Waals surface area contributed by atoms with Crippen LogP contribution >= 0.6 is 11.6 Å². The summed E-state index contributed by atoms with van der Waals surface area (Å²) in [7, 11) is 1.45. The van der Waals surface area contributed by atoms with E-state index in [1.165, 1.54) is 18.7 Å². The predicted octanol–water partition coefficient (Wildman–Crippen LogP) is 2.90. The monoisotopic (exact) mass is 386 g/mol. The van der Waals surface area contributed by atoms with Crippen molar-refractivity contribution in [3.8, 4) is 11.5 Å². The quantitative estimate of drug-likeness (QED) is 0.856. The standard InChI is InChI=1S/C20H19ClN2O4/c1-26-16-9-12(8-14(21)18(16)27-10-17(22)24)19(25)23-11-20(6-7-20)13-4-2-3-5-15(13)23/h2-5,8-9H,6-7,10-11H2,1H3,(H2,22,24). The van der Waals surface area contributed by atoms with Crippen LogP contribution in [0, 0.1) is 0 Å². The van der Waals surface area contributed by atoms with Crippen LogP contribution in [0.5, 0.6) is 11.5 Å². The summed E-state index contributed by atoms with van der Waals surface area (Å²) in [5, 5.41) is 0.188. The van der Waals surface area contributed by atoms with E-state index in [1.54, 1.807) is 11.0 Å². The molecule has 4 rings (SSSR count). The molecule has 27 heavy (non-hydrogen) atoms. The van der Waals surface area contributed by atoms with E-state index >= 15 is 0 Å². The Balaban J connectivity index is 1.67. The van der Waals surface area contributed by atoms with Crippen LogP contribution in [0.2, 0.25) is 5.02 Å². The van der Waals surface area contributed by atoms with E-state index in [1.807, 2.05) is 18.2 Å². The van der Waals surface area contributed by atoms with E-state index in [-0.39, 0.29) is 34.5 Å². The molecule has 1 saturated carbocycles. The Bertz CT molecular complexity index is 940. The molecule has 1 spiro atoms. The number of halogens is 1. The van der Waals surface area contributed by atoms with E-state index in [9.17, 15) is 9.59 Å². The molecule has 2 aromatic carbocycles. The molecule has 1 aliphatic heterocycles. The lowest BCUT2D eigenvalue weighted by Gasteiger charge is -2.19. The number of nitrogens with zero attached hydrogens (tertiary/aromatic N) is 1. The summed E-state index contributed by atoms with van der Waals surface area (Å²) < 4.78 is 10.6. The zero-order valence-corrected chi connectivity index (χ0v) is 15.6. The second kappa shape index (κ2) is 6.46. The Morgan fingerprint density at radius 2 is 2.00 bits per heavy atom. The summed E-state index contributed by atoms with van der Waals surface area (Å²) in [6, 6.07) is 11.1. The van der Waals surface area contributed by atoms with E-state index in [4.69, 9.17) is 26.8 Å². The van der Waals surface area contributed by atoms with Crippen molar-refractivity contribution < 1.29 is 19.1 Å². The lowest BCUT2D eigenvalue weighted by Crippen LogP contribution is -2.31. The lowest BCUT2D eigenvalue weighted by molar-refractivity contribution is -0.119. The van der Waals surface area contributed by atoms with Gasteiger partial charge in [-0.3, -0.25) is 9.59 Å². The molecule has 0 radical (unpaired) electrons. The summed E-state index contributed by atoms with van der Waals surface area (Å²) in [5.41, 5.74) is 7.79. The van der Waals surface area contributed by atoms with Gasteiger partial charge in [0.15, 0.2) is 18.1 Å². The lowest BCUT2D eigenvalue weighted by atomic mass is 9.99. The first-order chi connectivity index (χ1) is 12.9. The van der Waals surface area contributed by atoms with Gasteiger partial charge in [0.25, 0.3) is 11.8 Å². The molecule has 0 bridgehead atoms. The van der Waals surface area contributed by atoms with Crippen molar-refractivity contribution in [3.05, 3.63) is 52.5 Å². The van der Waals surface area contributed by atoms with E-state index in [2.05, 4.69) is 6.07 Å². The largest absolute Gasteiger partial charge is 0.493 e. The highest BCUT2D eigenvalue weighted by molar-refractivity contribution is 6.33. The van der Waals surface area contributed by atoms with Gasteiger partial charge in [0.05, 0.1) is 12.1 Å². The third kappa shape index (κ3) is 3.00. The van der Waals surface area contributed by atoms with Crippen LogP contribution in [0.4, 0.5) is 5.69 Å². The van der Waals surface area contributed by atoms with Gasteiger partial charge in [0, 0.05) is 23.2 Å². The number of para-hydroxylation sites is 1. The Hall–Kier alpha value is -2.73. The van der Waals surface area contributed by atoms with Gasteiger partial charge in [-0.1, -0.05) is 29.8 Å². The number of ether oxygens (including phenoxy) is 2. The van der Waals surface area contributed by atoms with Gasteiger partial charge in [0.1, 0.15) is 0 Å². The highest BCUT2D eigenvalue weighted by Crippen LogP contribution is 2.56. The van der Waals surface area contributed by atoms with Crippen LogP contribution < -0.4 is 20.1 Å². The number of hydrogen-bond donors (Lipinski definition) is 1. The minimum Gasteiger partial charge on any atom is -0.493 e. The van der Waals surface area contributed by atoms with E-state index in [0.717, 1.165) is 18.5 Å². The number of benzene rings is 2. The van der Waals surface area contributed by atoms with Crippen molar-refractivity contribution in [2.75, 3.05) is 25.2 Å². The van der Waals surface area contributed by atoms with Crippen LogP contribution in [0.3, 0.4) is 0 Å². The van der Waals surface area contributed by atoms with Crippen LogP contribution in [0.25, 0.3) is 0 Å². The number of nitrogens with two attached hydrogens (primary N) is 1. The number of carbonyl (C=O) groups is 2. The molecule has 1 fully saturated rings. The van der Waals surface area contributed by atoms with Crippen LogP contribution in [-0.4, -0.2) is 32.1 Å². The molecule has 2 N–H and O–H groups in total. The van der Waals surface area contributed by atoms with Crippen molar-refractivity contribution in [2.24, 2.45) is 5.73 Å². The van der Waals surface area contributed by atoms with Crippen molar-refractivity contribution >= 4 is 29.1 Å². The average molecular weight is 387 g/mol. The van der Waals surface area contributed by atoms with E-state index < -0.39 is 5.91 Å². The Labute approximate surface area is 161 Å². The fourth-order valence-electron chi connectivity index (χ4n) is 3.67. The average Bonchev–Trinajstić information content (AvgIpc) is 3.36. The highest BCUT2D eigenvalue weighted by Gasteiger charge is 2.52. The van der Waals surface area contributed by atoms with Gasteiger partial charge in [-0.05, 0) is 36.6 Å². The topological polar surface area (TPSA) is 81.9 Å². The molecule has 7 heteroatoms. The number of rotatable bonds is 5. The van der Waals surface area contributed by atoms with Gasteiger partial charge in [-0.15, -0.1) is 0 Å². The normalized spacial score (nSPS) is 16.1. The fraction of sp³-hybridized carbons (Fsp3) is 0.300. The third-order valence-electron chi connectivity index (χ3n) is 5.16. The second-order valence-electron chi connectivity index (χ2n) is 6.93. The van der Waals surface area contributed by atoms with Crippen LogP contribution in [0.15, 0.2) is 36.4 Å². The van der Waals surface area contributed by atoms with Crippen molar-refractivity contribution in [3.63, 3.8) is 0 Å².